The van der Waals surface area contributed by atoms with Gasteiger partial charge in [-0.1, -0.05) is 23.2 Å². The average molecular weight is 287 g/mol. The lowest BCUT2D eigenvalue weighted by molar-refractivity contribution is -0.121. The smallest absolute Gasteiger partial charge is 0.228 e. The quantitative estimate of drug-likeness (QED) is 0.905. The lowest BCUT2D eigenvalue weighted by atomic mass is 9.97. The van der Waals surface area contributed by atoms with Crippen molar-refractivity contribution in [3.8, 4) is 0 Å². The third-order valence-corrected chi connectivity index (χ3v) is 3.73. The summed E-state index contributed by atoms with van der Waals surface area (Å²) in [6.45, 7) is 1.86. The van der Waals surface area contributed by atoms with Crippen LogP contribution in [0.2, 0.25) is 10.0 Å². The van der Waals surface area contributed by atoms with Crippen molar-refractivity contribution in [3.05, 3.63) is 28.2 Å². The number of hydrogen-bond acceptors (Lipinski definition) is 2. The van der Waals surface area contributed by atoms with Gasteiger partial charge in [0.1, 0.15) is 0 Å². The minimum absolute atomic E-state index is 0.0331. The number of carbonyl (C=O) groups excluding carboxylic acids is 1. The SMILES string of the molecule is CN1CCCC(C(=O)Nc2ccc(Cl)cc2Cl)C1. The highest BCUT2D eigenvalue weighted by molar-refractivity contribution is 6.36. The maximum Gasteiger partial charge on any atom is 0.228 e. The molecule has 1 saturated heterocycles. The summed E-state index contributed by atoms with van der Waals surface area (Å²) in [7, 11) is 2.04. The van der Waals surface area contributed by atoms with Crippen molar-refractivity contribution in [2.45, 2.75) is 12.8 Å². The van der Waals surface area contributed by atoms with Gasteiger partial charge in [-0.2, -0.15) is 0 Å². The molecule has 0 bridgehead atoms. The monoisotopic (exact) mass is 286 g/mol. The fourth-order valence-electron chi connectivity index (χ4n) is 2.21. The van der Waals surface area contributed by atoms with Gasteiger partial charge in [0.15, 0.2) is 0 Å². The van der Waals surface area contributed by atoms with Crippen LogP contribution in [0.25, 0.3) is 0 Å². The predicted molar refractivity (Wildman–Crippen MR) is 75.3 cm³/mol. The van der Waals surface area contributed by atoms with Crippen molar-refractivity contribution < 1.29 is 4.79 Å². The molecule has 0 radical (unpaired) electrons. The Balaban J connectivity index is 2.02. The van der Waals surface area contributed by atoms with Gasteiger partial charge in [0.25, 0.3) is 0 Å². The highest BCUT2D eigenvalue weighted by Crippen LogP contribution is 2.26. The number of anilines is 1. The molecule has 18 heavy (non-hydrogen) atoms. The molecule has 1 aliphatic heterocycles. The molecule has 1 N–H and O–H groups in total. The molecule has 1 aromatic rings. The van der Waals surface area contributed by atoms with Gasteiger partial charge in [0.2, 0.25) is 5.91 Å². The zero-order valence-corrected chi connectivity index (χ0v) is 11.8. The molecule has 98 valence electrons. The highest BCUT2D eigenvalue weighted by Gasteiger charge is 2.24. The Kier molecular flexibility index (Phi) is 4.49. The van der Waals surface area contributed by atoms with Gasteiger partial charge < -0.3 is 10.2 Å². The molecular weight excluding hydrogens is 271 g/mol. The topological polar surface area (TPSA) is 32.3 Å². The Morgan fingerprint density at radius 3 is 2.89 bits per heavy atom. The van der Waals surface area contributed by atoms with E-state index in [4.69, 9.17) is 23.2 Å². The Labute approximate surface area is 117 Å². The first kappa shape index (κ1) is 13.7. The lowest BCUT2D eigenvalue weighted by Crippen LogP contribution is -2.38. The summed E-state index contributed by atoms with van der Waals surface area (Å²) in [4.78, 5) is 14.3. The summed E-state index contributed by atoms with van der Waals surface area (Å²) in [6, 6.07) is 5.08. The maximum atomic E-state index is 12.1. The van der Waals surface area contributed by atoms with Crippen LogP contribution in [-0.4, -0.2) is 30.9 Å². The standard InChI is InChI=1S/C13H16Cl2N2O/c1-17-6-2-3-9(8-17)13(18)16-12-5-4-10(14)7-11(12)15/h4-5,7,9H,2-3,6,8H2,1H3,(H,16,18). The Bertz CT molecular complexity index is 451. The van der Waals surface area contributed by atoms with Gasteiger partial charge in [-0.25, -0.2) is 0 Å². The third-order valence-electron chi connectivity index (χ3n) is 3.18. The summed E-state index contributed by atoms with van der Waals surface area (Å²) in [5.41, 5.74) is 0.624. The van der Waals surface area contributed by atoms with Gasteiger partial charge in [0.05, 0.1) is 16.6 Å². The lowest BCUT2D eigenvalue weighted by Gasteiger charge is -2.28. The predicted octanol–water partition coefficient (Wildman–Crippen LogP) is 3.27. The minimum atomic E-state index is 0.0331. The van der Waals surface area contributed by atoms with Crippen LogP contribution in [0.4, 0.5) is 5.69 Å². The largest absolute Gasteiger partial charge is 0.324 e. The van der Waals surface area contributed by atoms with Crippen LogP contribution < -0.4 is 5.32 Å². The summed E-state index contributed by atoms with van der Waals surface area (Å²) >= 11 is 11.8. The van der Waals surface area contributed by atoms with Gasteiger partial charge in [0, 0.05) is 11.6 Å². The van der Waals surface area contributed by atoms with E-state index in [1.54, 1.807) is 18.2 Å². The average Bonchev–Trinajstić information content (AvgIpc) is 2.32. The van der Waals surface area contributed by atoms with E-state index in [1.807, 2.05) is 7.05 Å². The first-order valence-electron chi connectivity index (χ1n) is 6.00. The molecule has 1 fully saturated rings. The zero-order valence-electron chi connectivity index (χ0n) is 10.2. The van der Waals surface area contributed by atoms with Crippen LogP contribution in [-0.2, 0) is 4.79 Å². The van der Waals surface area contributed by atoms with Gasteiger partial charge in [-0.15, -0.1) is 0 Å². The molecule has 2 rings (SSSR count). The summed E-state index contributed by atoms with van der Waals surface area (Å²) in [6.07, 6.45) is 1.99. The number of rotatable bonds is 2. The molecule has 1 atom stereocenters. The van der Waals surface area contributed by atoms with E-state index >= 15 is 0 Å². The van der Waals surface area contributed by atoms with E-state index in [2.05, 4.69) is 10.2 Å². The fourth-order valence-corrected chi connectivity index (χ4v) is 2.66. The van der Waals surface area contributed by atoms with Crippen LogP contribution in [0.5, 0.6) is 0 Å². The van der Waals surface area contributed by atoms with E-state index in [-0.39, 0.29) is 11.8 Å². The number of benzene rings is 1. The van der Waals surface area contributed by atoms with Crippen LogP contribution in [0, 0.1) is 5.92 Å². The molecule has 5 heteroatoms. The molecule has 1 aromatic carbocycles. The second kappa shape index (κ2) is 5.91. The molecule has 1 unspecified atom stereocenters. The number of likely N-dealkylation sites (tertiary alicyclic amines) is 1. The summed E-state index contributed by atoms with van der Waals surface area (Å²) in [5.74, 6) is 0.0706. The normalized spacial score (nSPS) is 20.7. The number of carbonyl (C=O) groups is 1. The number of amides is 1. The number of nitrogens with one attached hydrogen (secondary N) is 1. The fraction of sp³-hybridized carbons (Fsp3) is 0.462. The van der Waals surface area contributed by atoms with Crippen LogP contribution >= 0.6 is 23.2 Å². The number of halogens is 2. The van der Waals surface area contributed by atoms with Gasteiger partial charge in [-0.3, -0.25) is 4.79 Å². The molecule has 0 aromatic heterocycles. The molecule has 1 aliphatic rings. The second-order valence-corrected chi connectivity index (χ2v) is 5.56. The molecule has 3 nitrogen and oxygen atoms in total. The van der Waals surface area contributed by atoms with Crippen molar-refractivity contribution in [2.75, 3.05) is 25.5 Å². The van der Waals surface area contributed by atoms with Crippen molar-refractivity contribution >= 4 is 34.8 Å². The van der Waals surface area contributed by atoms with Crippen LogP contribution in [0.1, 0.15) is 12.8 Å². The highest BCUT2D eigenvalue weighted by atomic mass is 35.5. The zero-order chi connectivity index (χ0) is 13.1. The Morgan fingerprint density at radius 1 is 1.44 bits per heavy atom. The van der Waals surface area contributed by atoms with Crippen molar-refractivity contribution in [1.29, 1.82) is 0 Å². The maximum absolute atomic E-state index is 12.1. The van der Waals surface area contributed by atoms with Crippen molar-refractivity contribution in [3.63, 3.8) is 0 Å². The van der Waals surface area contributed by atoms with E-state index < -0.39 is 0 Å². The molecule has 1 amide bonds. The molecular formula is C13H16Cl2N2O. The molecule has 0 spiro atoms. The number of nitrogens with zero attached hydrogens (tertiary/aromatic N) is 1. The number of piperidine rings is 1. The van der Waals surface area contributed by atoms with Crippen LogP contribution in [0.15, 0.2) is 18.2 Å². The van der Waals surface area contributed by atoms with Crippen molar-refractivity contribution in [2.24, 2.45) is 5.92 Å². The Morgan fingerprint density at radius 2 is 2.22 bits per heavy atom. The second-order valence-electron chi connectivity index (χ2n) is 4.71. The van der Waals surface area contributed by atoms with E-state index in [9.17, 15) is 4.79 Å². The Hall–Kier alpha value is -0.770. The van der Waals surface area contributed by atoms with Gasteiger partial charge in [-0.05, 0) is 44.6 Å². The van der Waals surface area contributed by atoms with Gasteiger partial charge >= 0.3 is 0 Å². The summed E-state index contributed by atoms with van der Waals surface area (Å²) < 4.78 is 0. The van der Waals surface area contributed by atoms with Crippen LogP contribution in [0.3, 0.4) is 0 Å². The van der Waals surface area contributed by atoms with E-state index in [1.165, 1.54) is 0 Å². The summed E-state index contributed by atoms with van der Waals surface area (Å²) in [5, 5.41) is 3.91. The van der Waals surface area contributed by atoms with E-state index in [0.717, 1.165) is 25.9 Å². The van der Waals surface area contributed by atoms with E-state index in [0.29, 0.717) is 15.7 Å². The first-order chi connectivity index (χ1) is 8.56. The minimum Gasteiger partial charge on any atom is -0.324 e. The first-order valence-corrected chi connectivity index (χ1v) is 6.76. The van der Waals surface area contributed by atoms with Crippen molar-refractivity contribution in [1.82, 2.24) is 4.90 Å². The molecule has 1 heterocycles. The third kappa shape index (κ3) is 3.37. The molecule has 0 aliphatic carbocycles. The number of hydrogen-bond donors (Lipinski definition) is 1. The molecule has 0 saturated carbocycles.